The fourth-order valence-corrected chi connectivity index (χ4v) is 2.68. The molecule has 2 amide bonds. The fourth-order valence-electron chi connectivity index (χ4n) is 2.68. The Bertz CT molecular complexity index is 688. The Morgan fingerprint density at radius 2 is 2.22 bits per heavy atom. The highest BCUT2D eigenvalue weighted by Gasteiger charge is 2.20. The van der Waals surface area contributed by atoms with E-state index in [0.717, 1.165) is 18.5 Å². The van der Waals surface area contributed by atoms with Crippen molar-refractivity contribution in [3.8, 4) is 5.75 Å². The van der Waals surface area contributed by atoms with Gasteiger partial charge in [0.1, 0.15) is 18.5 Å². The van der Waals surface area contributed by atoms with Crippen LogP contribution in [-0.2, 0) is 6.54 Å². The number of hydrogen-bond acceptors (Lipinski definition) is 4. The number of imidazole rings is 1. The molecule has 0 aliphatic rings. The lowest BCUT2D eigenvalue weighted by atomic mass is 10.2. The summed E-state index contributed by atoms with van der Waals surface area (Å²) in [5.74, 6) is 0.717. The van der Waals surface area contributed by atoms with Crippen molar-refractivity contribution in [1.29, 1.82) is 0 Å². The largest absolute Gasteiger partial charge is 0.491 e. The van der Waals surface area contributed by atoms with E-state index < -0.39 is 6.10 Å². The number of carbonyl (C=O) groups excluding carboxylic acids is 1. The van der Waals surface area contributed by atoms with Gasteiger partial charge in [0.2, 0.25) is 0 Å². The Hall–Kier alpha value is -2.54. The summed E-state index contributed by atoms with van der Waals surface area (Å²) in [4.78, 5) is 18.1. The van der Waals surface area contributed by atoms with E-state index in [1.165, 1.54) is 0 Å². The van der Waals surface area contributed by atoms with Crippen LogP contribution in [0.25, 0.3) is 0 Å². The van der Waals surface area contributed by atoms with Crippen molar-refractivity contribution in [1.82, 2.24) is 19.8 Å². The Kier molecular flexibility index (Phi) is 8.13. The third-order valence-corrected chi connectivity index (χ3v) is 4.15. The minimum atomic E-state index is -0.760. The summed E-state index contributed by atoms with van der Waals surface area (Å²) < 4.78 is 7.60. The molecular formula is C20H30N4O3. The van der Waals surface area contributed by atoms with Crippen molar-refractivity contribution in [2.45, 2.75) is 45.9 Å². The number of benzene rings is 1. The van der Waals surface area contributed by atoms with Crippen LogP contribution in [0.4, 0.5) is 4.79 Å². The lowest BCUT2D eigenvalue weighted by Crippen LogP contribution is -2.48. The van der Waals surface area contributed by atoms with Gasteiger partial charge in [-0.2, -0.15) is 0 Å². The lowest BCUT2D eigenvalue weighted by molar-refractivity contribution is 0.0690. The van der Waals surface area contributed by atoms with E-state index in [1.807, 2.05) is 55.8 Å². The second kappa shape index (κ2) is 10.6. The predicted molar refractivity (Wildman–Crippen MR) is 105 cm³/mol. The number of urea groups is 1. The first-order valence-corrected chi connectivity index (χ1v) is 9.33. The van der Waals surface area contributed by atoms with Crippen molar-refractivity contribution in [3.63, 3.8) is 0 Å². The average molecular weight is 374 g/mol. The highest BCUT2D eigenvalue weighted by Crippen LogP contribution is 2.13. The lowest BCUT2D eigenvalue weighted by Gasteiger charge is -2.29. The van der Waals surface area contributed by atoms with Gasteiger partial charge >= 0.3 is 6.03 Å². The number of amides is 2. The van der Waals surface area contributed by atoms with Crippen LogP contribution in [0.3, 0.4) is 0 Å². The molecule has 1 atom stereocenters. The first-order chi connectivity index (χ1) is 13.0. The van der Waals surface area contributed by atoms with Crippen LogP contribution < -0.4 is 10.1 Å². The van der Waals surface area contributed by atoms with Gasteiger partial charge in [-0.05, 0) is 44.9 Å². The molecule has 1 aromatic heterocycles. The summed E-state index contributed by atoms with van der Waals surface area (Å²) in [5.41, 5.74) is 1.10. The van der Waals surface area contributed by atoms with Crippen LogP contribution in [0.5, 0.6) is 5.75 Å². The van der Waals surface area contributed by atoms with Gasteiger partial charge in [0.25, 0.3) is 0 Å². The summed E-state index contributed by atoms with van der Waals surface area (Å²) >= 11 is 0. The van der Waals surface area contributed by atoms with Crippen LogP contribution in [0, 0.1) is 6.92 Å². The molecule has 0 aliphatic carbocycles. The number of nitrogens with zero attached hydrogens (tertiary/aromatic N) is 3. The van der Waals surface area contributed by atoms with Crippen LogP contribution >= 0.6 is 0 Å². The van der Waals surface area contributed by atoms with Crippen molar-refractivity contribution in [3.05, 3.63) is 48.5 Å². The quantitative estimate of drug-likeness (QED) is 0.626. The molecule has 0 saturated heterocycles. The number of aliphatic hydroxyl groups is 1. The molecule has 0 aliphatic heterocycles. The number of carbonyl (C=O) groups is 1. The molecule has 0 fully saturated rings. The van der Waals surface area contributed by atoms with Gasteiger partial charge in [-0.3, -0.25) is 0 Å². The molecule has 0 radical (unpaired) electrons. The average Bonchev–Trinajstić information content (AvgIpc) is 3.14. The zero-order chi connectivity index (χ0) is 19.6. The van der Waals surface area contributed by atoms with Crippen LogP contribution in [0.1, 0.15) is 25.8 Å². The molecule has 0 bridgehead atoms. The van der Waals surface area contributed by atoms with E-state index >= 15 is 0 Å². The van der Waals surface area contributed by atoms with Crippen LogP contribution in [0.2, 0.25) is 0 Å². The smallest absolute Gasteiger partial charge is 0.317 e. The molecule has 2 N–H and O–H groups in total. The van der Waals surface area contributed by atoms with Crippen molar-refractivity contribution >= 4 is 6.03 Å². The molecule has 27 heavy (non-hydrogen) atoms. The van der Waals surface area contributed by atoms with Gasteiger partial charge < -0.3 is 24.6 Å². The third-order valence-electron chi connectivity index (χ3n) is 4.15. The Morgan fingerprint density at radius 3 is 2.89 bits per heavy atom. The van der Waals surface area contributed by atoms with Crippen molar-refractivity contribution < 1.29 is 14.6 Å². The first-order valence-electron chi connectivity index (χ1n) is 9.33. The maximum Gasteiger partial charge on any atom is 0.317 e. The maximum absolute atomic E-state index is 12.4. The van der Waals surface area contributed by atoms with Crippen molar-refractivity contribution in [2.75, 3.05) is 19.7 Å². The van der Waals surface area contributed by atoms with E-state index in [4.69, 9.17) is 4.74 Å². The highest BCUT2D eigenvalue weighted by molar-refractivity contribution is 5.74. The molecule has 2 aromatic rings. The molecule has 7 nitrogen and oxygen atoms in total. The minimum Gasteiger partial charge on any atom is -0.491 e. The van der Waals surface area contributed by atoms with Gasteiger partial charge in [-0.1, -0.05) is 12.1 Å². The molecular weight excluding hydrogens is 344 g/mol. The molecule has 0 spiro atoms. The molecule has 0 saturated carbocycles. The SMILES string of the molecule is Cc1cccc(OC[C@H](O)CN(C(=O)NCCCn2ccnc2)C(C)C)c1. The summed E-state index contributed by atoms with van der Waals surface area (Å²) in [6.45, 7) is 7.57. The summed E-state index contributed by atoms with van der Waals surface area (Å²) in [6.07, 6.45) is 5.44. The van der Waals surface area contributed by atoms with Crippen molar-refractivity contribution in [2.24, 2.45) is 0 Å². The van der Waals surface area contributed by atoms with E-state index in [0.29, 0.717) is 12.3 Å². The van der Waals surface area contributed by atoms with Crippen LogP contribution in [-0.4, -0.2) is 57.4 Å². The van der Waals surface area contributed by atoms with E-state index in [-0.39, 0.29) is 25.2 Å². The highest BCUT2D eigenvalue weighted by atomic mass is 16.5. The van der Waals surface area contributed by atoms with Gasteiger partial charge in [0.15, 0.2) is 0 Å². The number of rotatable bonds is 10. The van der Waals surface area contributed by atoms with Gasteiger partial charge in [-0.25, -0.2) is 9.78 Å². The molecule has 1 aromatic carbocycles. The summed E-state index contributed by atoms with van der Waals surface area (Å²) in [5, 5.41) is 13.2. The molecule has 7 heteroatoms. The fraction of sp³-hybridized carbons (Fsp3) is 0.500. The van der Waals surface area contributed by atoms with E-state index in [9.17, 15) is 9.90 Å². The number of aryl methyl sites for hydroxylation is 2. The Balaban J connectivity index is 1.74. The number of nitrogens with one attached hydrogen (secondary N) is 1. The number of ether oxygens (including phenoxy) is 1. The van der Waals surface area contributed by atoms with E-state index in [2.05, 4.69) is 10.3 Å². The predicted octanol–water partition coefficient (Wildman–Crippen LogP) is 2.44. The zero-order valence-corrected chi connectivity index (χ0v) is 16.3. The second-order valence-corrected chi connectivity index (χ2v) is 6.91. The molecule has 1 heterocycles. The summed E-state index contributed by atoms with van der Waals surface area (Å²) in [6, 6.07) is 7.47. The Labute approximate surface area is 161 Å². The van der Waals surface area contributed by atoms with Gasteiger partial charge in [0, 0.05) is 31.5 Å². The van der Waals surface area contributed by atoms with Gasteiger partial charge in [-0.15, -0.1) is 0 Å². The standard InChI is InChI=1S/C20H30N4O3/c1-16(2)24(20(26)22-8-5-10-23-11-9-21-15-23)13-18(25)14-27-19-7-4-6-17(3)12-19/h4,6-7,9,11-12,15-16,18,25H,5,8,10,13-14H2,1-3H3,(H,22,26)/t18-/m1/s1. The maximum atomic E-state index is 12.4. The topological polar surface area (TPSA) is 79.6 Å². The summed E-state index contributed by atoms with van der Waals surface area (Å²) in [7, 11) is 0. The number of aliphatic hydroxyl groups excluding tert-OH is 1. The first kappa shape index (κ1) is 20.8. The number of aromatic nitrogens is 2. The van der Waals surface area contributed by atoms with Gasteiger partial charge in [0.05, 0.1) is 12.9 Å². The molecule has 0 unspecified atom stereocenters. The second-order valence-electron chi connectivity index (χ2n) is 6.91. The minimum absolute atomic E-state index is 0.0210. The monoisotopic (exact) mass is 374 g/mol. The molecule has 148 valence electrons. The third kappa shape index (κ3) is 7.30. The number of hydrogen-bond donors (Lipinski definition) is 2. The zero-order valence-electron chi connectivity index (χ0n) is 16.3. The normalized spacial score (nSPS) is 12.0. The Morgan fingerprint density at radius 1 is 1.41 bits per heavy atom. The molecule has 2 rings (SSSR count). The van der Waals surface area contributed by atoms with E-state index in [1.54, 1.807) is 17.4 Å². The van der Waals surface area contributed by atoms with Crippen LogP contribution in [0.15, 0.2) is 43.0 Å².